The van der Waals surface area contributed by atoms with Crippen molar-refractivity contribution in [2.24, 2.45) is 4.99 Å². The number of furan rings is 2. The Kier molecular flexibility index (Phi) is 9.71. The van der Waals surface area contributed by atoms with Crippen LogP contribution in [0.1, 0.15) is 41.6 Å². The highest BCUT2D eigenvalue weighted by Crippen LogP contribution is 2.07. The number of ether oxygens (including phenoxy) is 1. The predicted molar refractivity (Wildman–Crippen MR) is 107 cm³/mol. The molecule has 1 amide bonds. The van der Waals surface area contributed by atoms with E-state index in [-0.39, 0.29) is 5.91 Å². The van der Waals surface area contributed by atoms with Crippen LogP contribution >= 0.6 is 0 Å². The summed E-state index contributed by atoms with van der Waals surface area (Å²) < 4.78 is 15.9. The molecule has 0 unspecified atom stereocenters. The van der Waals surface area contributed by atoms with Crippen molar-refractivity contribution in [1.82, 2.24) is 16.0 Å². The quantitative estimate of drug-likeness (QED) is 0.292. The van der Waals surface area contributed by atoms with Crippen molar-refractivity contribution in [1.29, 1.82) is 0 Å². The lowest BCUT2D eigenvalue weighted by Gasteiger charge is -2.11. The summed E-state index contributed by atoms with van der Waals surface area (Å²) in [5, 5.41) is 9.33. The number of aliphatic imine (C=N–C) groups is 1. The molecular formula is C20H30N4O4. The largest absolute Gasteiger partial charge is 0.467 e. The van der Waals surface area contributed by atoms with Crippen LogP contribution in [-0.2, 0) is 11.3 Å². The molecule has 0 saturated carbocycles. The first-order chi connectivity index (χ1) is 13.7. The van der Waals surface area contributed by atoms with Gasteiger partial charge >= 0.3 is 0 Å². The second-order valence-corrected chi connectivity index (χ2v) is 6.22. The first kappa shape index (κ1) is 21.6. The number of amides is 1. The lowest BCUT2D eigenvalue weighted by atomic mass is 10.2. The van der Waals surface area contributed by atoms with Crippen molar-refractivity contribution in [3.8, 4) is 0 Å². The van der Waals surface area contributed by atoms with Crippen LogP contribution in [0.15, 0.2) is 44.6 Å². The Balaban J connectivity index is 1.56. The minimum atomic E-state index is -0.189. The van der Waals surface area contributed by atoms with E-state index in [1.54, 1.807) is 12.3 Å². The number of hydrogen-bond donors (Lipinski definition) is 3. The van der Waals surface area contributed by atoms with Gasteiger partial charge in [0, 0.05) is 38.3 Å². The van der Waals surface area contributed by atoms with Crippen LogP contribution in [0.25, 0.3) is 0 Å². The molecule has 28 heavy (non-hydrogen) atoms. The SMILES string of the molecule is CCNC(=NCCCNC(=O)c1occc1C)NCCCOCc1ccco1. The van der Waals surface area contributed by atoms with Crippen LogP contribution < -0.4 is 16.0 Å². The Morgan fingerprint density at radius 2 is 1.96 bits per heavy atom. The van der Waals surface area contributed by atoms with Crippen molar-refractivity contribution < 1.29 is 18.4 Å². The maximum Gasteiger partial charge on any atom is 0.287 e. The number of carbonyl (C=O) groups excluding carboxylic acids is 1. The van der Waals surface area contributed by atoms with Crippen molar-refractivity contribution in [2.75, 3.05) is 32.8 Å². The van der Waals surface area contributed by atoms with E-state index in [4.69, 9.17) is 13.6 Å². The average molecular weight is 390 g/mol. The molecule has 3 N–H and O–H groups in total. The van der Waals surface area contributed by atoms with Crippen LogP contribution in [0.3, 0.4) is 0 Å². The van der Waals surface area contributed by atoms with Crippen LogP contribution in [0.4, 0.5) is 0 Å². The molecule has 0 fully saturated rings. The van der Waals surface area contributed by atoms with Crippen LogP contribution in [0.5, 0.6) is 0 Å². The van der Waals surface area contributed by atoms with Gasteiger partial charge in [-0.05, 0) is 44.9 Å². The van der Waals surface area contributed by atoms with Gasteiger partial charge in [-0.2, -0.15) is 0 Å². The van der Waals surface area contributed by atoms with Gasteiger partial charge in [-0.25, -0.2) is 0 Å². The van der Waals surface area contributed by atoms with E-state index in [0.29, 0.717) is 32.1 Å². The minimum Gasteiger partial charge on any atom is -0.467 e. The molecule has 0 aliphatic heterocycles. The molecule has 2 aromatic rings. The smallest absolute Gasteiger partial charge is 0.287 e. The van der Waals surface area contributed by atoms with Gasteiger partial charge in [-0.3, -0.25) is 9.79 Å². The van der Waals surface area contributed by atoms with E-state index in [2.05, 4.69) is 20.9 Å². The molecule has 8 heteroatoms. The maximum absolute atomic E-state index is 11.9. The highest BCUT2D eigenvalue weighted by molar-refractivity contribution is 5.92. The first-order valence-electron chi connectivity index (χ1n) is 9.65. The lowest BCUT2D eigenvalue weighted by molar-refractivity contribution is 0.0925. The normalized spacial score (nSPS) is 11.4. The molecule has 0 bridgehead atoms. The summed E-state index contributed by atoms with van der Waals surface area (Å²) in [5.74, 6) is 1.78. The topological polar surface area (TPSA) is 101 Å². The van der Waals surface area contributed by atoms with Crippen molar-refractivity contribution in [3.63, 3.8) is 0 Å². The van der Waals surface area contributed by atoms with Gasteiger partial charge < -0.3 is 29.5 Å². The molecule has 0 spiro atoms. The fourth-order valence-electron chi connectivity index (χ4n) is 2.45. The van der Waals surface area contributed by atoms with E-state index >= 15 is 0 Å². The number of aryl methyl sites for hydroxylation is 1. The molecule has 0 atom stereocenters. The molecule has 8 nitrogen and oxygen atoms in total. The molecule has 2 aromatic heterocycles. The number of carbonyl (C=O) groups is 1. The van der Waals surface area contributed by atoms with E-state index in [0.717, 1.165) is 43.2 Å². The zero-order valence-corrected chi connectivity index (χ0v) is 16.6. The molecule has 2 rings (SSSR count). The Morgan fingerprint density at radius 3 is 2.68 bits per heavy atom. The number of hydrogen-bond acceptors (Lipinski definition) is 5. The minimum absolute atomic E-state index is 0.189. The highest BCUT2D eigenvalue weighted by Gasteiger charge is 2.11. The maximum atomic E-state index is 11.9. The summed E-state index contributed by atoms with van der Waals surface area (Å²) in [6.45, 7) is 7.71. The fourth-order valence-corrected chi connectivity index (χ4v) is 2.45. The van der Waals surface area contributed by atoms with E-state index in [9.17, 15) is 4.79 Å². The van der Waals surface area contributed by atoms with Gasteiger partial charge in [0.25, 0.3) is 5.91 Å². The van der Waals surface area contributed by atoms with E-state index in [1.807, 2.05) is 26.0 Å². The molecule has 0 saturated heterocycles. The van der Waals surface area contributed by atoms with Crippen molar-refractivity contribution in [3.05, 3.63) is 47.8 Å². The number of rotatable bonds is 12. The van der Waals surface area contributed by atoms with E-state index in [1.165, 1.54) is 6.26 Å². The summed E-state index contributed by atoms with van der Waals surface area (Å²) in [6.07, 6.45) is 4.77. The van der Waals surface area contributed by atoms with Crippen molar-refractivity contribution >= 4 is 11.9 Å². The van der Waals surface area contributed by atoms with Crippen LogP contribution in [0, 0.1) is 6.92 Å². The molecule has 0 aromatic carbocycles. The Bertz CT molecular complexity index is 710. The van der Waals surface area contributed by atoms with Gasteiger partial charge in [0.15, 0.2) is 11.7 Å². The van der Waals surface area contributed by atoms with E-state index < -0.39 is 0 Å². The summed E-state index contributed by atoms with van der Waals surface area (Å²) in [5.41, 5.74) is 0.835. The molecular weight excluding hydrogens is 360 g/mol. The van der Waals surface area contributed by atoms with Gasteiger partial charge in [0.05, 0.1) is 12.5 Å². The monoisotopic (exact) mass is 390 g/mol. The second-order valence-electron chi connectivity index (χ2n) is 6.22. The fraction of sp³-hybridized carbons (Fsp3) is 0.500. The number of nitrogens with zero attached hydrogens (tertiary/aromatic N) is 1. The standard InChI is InChI=1S/C20H30N4O4/c1-3-21-20(24-11-6-12-26-15-17-7-4-13-27-17)23-10-5-9-22-19(25)18-16(2)8-14-28-18/h4,7-8,13-14H,3,5-6,9-12,15H2,1-2H3,(H,22,25)(H2,21,23,24). The first-order valence-corrected chi connectivity index (χ1v) is 9.65. The van der Waals surface area contributed by atoms with Crippen LogP contribution in [0.2, 0.25) is 0 Å². The average Bonchev–Trinajstić information content (AvgIpc) is 3.35. The summed E-state index contributed by atoms with van der Waals surface area (Å²) in [4.78, 5) is 16.5. The molecule has 0 aliphatic rings. The van der Waals surface area contributed by atoms with Gasteiger partial charge in [-0.15, -0.1) is 0 Å². The Hall–Kier alpha value is -2.74. The zero-order chi connectivity index (χ0) is 20.0. The van der Waals surface area contributed by atoms with Crippen LogP contribution in [-0.4, -0.2) is 44.7 Å². The zero-order valence-electron chi connectivity index (χ0n) is 16.6. The molecule has 154 valence electrons. The Labute approximate surface area is 165 Å². The van der Waals surface area contributed by atoms with Crippen molar-refractivity contribution in [2.45, 2.75) is 33.3 Å². The predicted octanol–water partition coefficient (Wildman–Crippen LogP) is 2.46. The third-order valence-corrected chi connectivity index (χ3v) is 3.89. The second kappa shape index (κ2) is 12.6. The molecule has 0 radical (unpaired) electrons. The summed E-state index contributed by atoms with van der Waals surface area (Å²) in [6, 6.07) is 5.52. The lowest BCUT2D eigenvalue weighted by Crippen LogP contribution is -2.38. The highest BCUT2D eigenvalue weighted by atomic mass is 16.5. The van der Waals surface area contributed by atoms with Gasteiger partial charge in [0.1, 0.15) is 12.4 Å². The third kappa shape index (κ3) is 7.87. The number of nitrogens with one attached hydrogen (secondary N) is 3. The number of guanidine groups is 1. The van der Waals surface area contributed by atoms with Gasteiger partial charge in [0.2, 0.25) is 0 Å². The summed E-state index contributed by atoms with van der Waals surface area (Å²) in [7, 11) is 0. The Morgan fingerprint density at radius 1 is 1.11 bits per heavy atom. The third-order valence-electron chi connectivity index (χ3n) is 3.89. The molecule has 2 heterocycles. The van der Waals surface area contributed by atoms with Gasteiger partial charge in [-0.1, -0.05) is 0 Å². The molecule has 0 aliphatic carbocycles. The summed E-state index contributed by atoms with van der Waals surface area (Å²) >= 11 is 0.